The Morgan fingerprint density at radius 2 is 1.91 bits per heavy atom. The summed E-state index contributed by atoms with van der Waals surface area (Å²) in [5.41, 5.74) is 2.18. The van der Waals surface area contributed by atoms with Crippen LogP contribution in [0.2, 0.25) is 0 Å². The van der Waals surface area contributed by atoms with Crippen LogP contribution in [0.1, 0.15) is 51.4 Å². The smallest absolute Gasteiger partial charge is 0.355 e. The molecule has 0 spiro atoms. The van der Waals surface area contributed by atoms with Gasteiger partial charge in [0.15, 0.2) is 0 Å². The van der Waals surface area contributed by atoms with Crippen LogP contribution in [0.25, 0.3) is 5.76 Å². The van der Waals surface area contributed by atoms with Gasteiger partial charge < -0.3 is 19.7 Å². The number of rotatable bonds is 6. The van der Waals surface area contributed by atoms with Gasteiger partial charge in [0.25, 0.3) is 11.7 Å². The number of amides is 1. The lowest BCUT2D eigenvalue weighted by Crippen LogP contribution is -2.29. The van der Waals surface area contributed by atoms with E-state index >= 15 is 0 Å². The van der Waals surface area contributed by atoms with Gasteiger partial charge in [0.2, 0.25) is 0 Å². The van der Waals surface area contributed by atoms with Crippen molar-refractivity contribution in [2.45, 2.75) is 33.4 Å². The van der Waals surface area contributed by atoms with Gasteiger partial charge in [0, 0.05) is 30.2 Å². The molecule has 3 aromatic rings. The van der Waals surface area contributed by atoms with Crippen molar-refractivity contribution in [3.8, 4) is 0 Å². The number of carbonyl (C=O) groups is 3. The topological polar surface area (TPSA) is 113 Å². The molecule has 1 fully saturated rings. The summed E-state index contributed by atoms with van der Waals surface area (Å²) in [6, 6.07) is 7.89. The van der Waals surface area contributed by atoms with Gasteiger partial charge in [-0.25, -0.2) is 9.18 Å². The maximum atomic E-state index is 13.7. The van der Waals surface area contributed by atoms with Gasteiger partial charge in [-0.05, 0) is 55.7 Å². The number of H-pyrrole nitrogens is 1. The van der Waals surface area contributed by atoms with Crippen LogP contribution < -0.4 is 0 Å². The highest BCUT2D eigenvalue weighted by atomic mass is 19.1. The molecule has 4 rings (SSSR count). The molecule has 2 aromatic heterocycles. The molecule has 9 heteroatoms. The second kappa shape index (κ2) is 9.54. The summed E-state index contributed by atoms with van der Waals surface area (Å²) in [6.45, 7) is 5.15. The molecule has 3 heterocycles. The second-order valence-electron chi connectivity index (χ2n) is 8.19. The Morgan fingerprint density at radius 3 is 2.54 bits per heavy atom. The monoisotopic (exact) mass is 477 g/mol. The fourth-order valence-corrected chi connectivity index (χ4v) is 4.37. The fourth-order valence-electron chi connectivity index (χ4n) is 4.37. The molecule has 8 nitrogen and oxygen atoms in total. The Labute approximate surface area is 201 Å². The third kappa shape index (κ3) is 4.32. The number of nitrogens with one attached hydrogen (secondary N) is 1. The summed E-state index contributed by atoms with van der Waals surface area (Å²) in [7, 11) is 0. The van der Waals surface area contributed by atoms with E-state index in [-0.39, 0.29) is 30.0 Å². The van der Waals surface area contributed by atoms with Crippen molar-refractivity contribution in [1.82, 2.24) is 14.9 Å². The number of pyridine rings is 1. The molecule has 0 aliphatic carbocycles. The van der Waals surface area contributed by atoms with E-state index in [1.54, 1.807) is 45.3 Å². The third-order valence-corrected chi connectivity index (χ3v) is 5.96. The van der Waals surface area contributed by atoms with Crippen molar-refractivity contribution in [2.75, 3.05) is 6.61 Å². The lowest BCUT2D eigenvalue weighted by molar-refractivity contribution is -0.140. The molecule has 2 N–H and O–H groups in total. The minimum atomic E-state index is -0.976. The van der Waals surface area contributed by atoms with Crippen LogP contribution in [0.5, 0.6) is 0 Å². The molecule has 1 aliphatic heterocycles. The number of aryl methyl sites for hydroxylation is 1. The van der Waals surface area contributed by atoms with Gasteiger partial charge in [-0.15, -0.1) is 0 Å². The SMILES string of the molecule is CCOC(=O)c1[nH]c(C)c(/C(O)=C2\C(=O)C(=O)N(Cc3cccnc3)[C@H]2c2ccc(F)cc2)c1C. The molecule has 1 atom stereocenters. The zero-order valence-corrected chi connectivity index (χ0v) is 19.5. The molecular formula is C26H24FN3O5. The largest absolute Gasteiger partial charge is 0.507 e. The first-order valence-electron chi connectivity index (χ1n) is 11.0. The summed E-state index contributed by atoms with van der Waals surface area (Å²) in [4.78, 5) is 47.0. The number of esters is 1. The number of ketones is 1. The van der Waals surface area contributed by atoms with Crippen LogP contribution in [0, 0.1) is 19.7 Å². The van der Waals surface area contributed by atoms with Gasteiger partial charge in [0.05, 0.1) is 18.2 Å². The number of hydrogen-bond acceptors (Lipinski definition) is 6. The lowest BCUT2D eigenvalue weighted by atomic mass is 9.94. The van der Waals surface area contributed by atoms with Crippen LogP contribution in [0.3, 0.4) is 0 Å². The summed E-state index contributed by atoms with van der Waals surface area (Å²) in [5, 5.41) is 11.4. The number of likely N-dealkylation sites (tertiary alicyclic amines) is 1. The van der Waals surface area contributed by atoms with E-state index in [9.17, 15) is 23.9 Å². The molecule has 180 valence electrons. The summed E-state index contributed by atoms with van der Waals surface area (Å²) in [5.74, 6) is -3.18. The minimum Gasteiger partial charge on any atom is -0.507 e. The Balaban J connectivity index is 1.89. The lowest BCUT2D eigenvalue weighted by Gasteiger charge is -2.25. The number of nitrogens with zero attached hydrogens (tertiary/aromatic N) is 2. The van der Waals surface area contributed by atoms with Crippen molar-refractivity contribution in [3.05, 3.63) is 93.8 Å². The normalized spacial score (nSPS) is 17.1. The van der Waals surface area contributed by atoms with E-state index in [1.165, 1.54) is 29.2 Å². The van der Waals surface area contributed by atoms with Crippen molar-refractivity contribution < 1.29 is 28.6 Å². The quantitative estimate of drug-likeness (QED) is 0.241. The van der Waals surface area contributed by atoms with Crippen LogP contribution in [0.15, 0.2) is 54.4 Å². The van der Waals surface area contributed by atoms with E-state index in [2.05, 4.69) is 9.97 Å². The summed E-state index contributed by atoms with van der Waals surface area (Å²) < 4.78 is 18.7. The maximum absolute atomic E-state index is 13.7. The third-order valence-electron chi connectivity index (χ3n) is 5.96. The first kappa shape index (κ1) is 23.9. The molecule has 1 aliphatic rings. The molecule has 0 unspecified atom stereocenters. The summed E-state index contributed by atoms with van der Waals surface area (Å²) in [6.07, 6.45) is 3.17. The standard InChI is InChI=1S/C26H24FN3O5/c1-4-35-26(34)21-14(2)19(15(3)29-21)23(31)20-22(17-7-9-18(27)10-8-17)30(25(33)24(20)32)13-16-6-5-11-28-12-16/h5-12,22,29,31H,4,13H2,1-3H3/b23-20+/t22-/m0/s1. The Bertz CT molecular complexity index is 1330. The molecule has 1 amide bonds. The maximum Gasteiger partial charge on any atom is 0.355 e. The van der Waals surface area contributed by atoms with E-state index in [4.69, 9.17) is 4.74 Å². The van der Waals surface area contributed by atoms with E-state index < -0.39 is 35.3 Å². The number of aliphatic hydroxyl groups excluding tert-OH is 1. The Hall–Kier alpha value is -4.27. The molecule has 0 saturated carbocycles. The van der Waals surface area contributed by atoms with Crippen molar-refractivity contribution in [1.29, 1.82) is 0 Å². The Morgan fingerprint density at radius 1 is 1.20 bits per heavy atom. The first-order chi connectivity index (χ1) is 16.7. The zero-order valence-electron chi connectivity index (χ0n) is 19.5. The number of benzene rings is 1. The number of halogens is 1. The Kier molecular flexibility index (Phi) is 6.50. The van der Waals surface area contributed by atoms with Crippen LogP contribution in [-0.2, 0) is 20.9 Å². The van der Waals surface area contributed by atoms with E-state index in [0.29, 0.717) is 22.4 Å². The number of Topliss-reactive ketones (excluding diaryl/α,β-unsaturated/α-hetero) is 1. The highest BCUT2D eigenvalue weighted by molar-refractivity contribution is 6.46. The highest BCUT2D eigenvalue weighted by Gasteiger charge is 2.46. The zero-order chi connectivity index (χ0) is 25.3. The number of hydrogen-bond donors (Lipinski definition) is 2. The fraction of sp³-hybridized carbons (Fsp3) is 0.231. The van der Waals surface area contributed by atoms with E-state index in [0.717, 1.165) is 0 Å². The van der Waals surface area contributed by atoms with Crippen molar-refractivity contribution in [2.24, 2.45) is 0 Å². The summed E-state index contributed by atoms with van der Waals surface area (Å²) >= 11 is 0. The predicted molar refractivity (Wildman–Crippen MR) is 125 cm³/mol. The van der Waals surface area contributed by atoms with Gasteiger partial charge in [-0.3, -0.25) is 14.6 Å². The molecule has 35 heavy (non-hydrogen) atoms. The van der Waals surface area contributed by atoms with Crippen LogP contribution in [-0.4, -0.2) is 44.2 Å². The molecule has 1 saturated heterocycles. The average Bonchev–Trinajstić information content (AvgIpc) is 3.27. The highest BCUT2D eigenvalue weighted by Crippen LogP contribution is 2.41. The van der Waals surface area contributed by atoms with Crippen LogP contribution in [0.4, 0.5) is 4.39 Å². The molecular weight excluding hydrogens is 453 g/mol. The van der Waals surface area contributed by atoms with Gasteiger partial charge in [-0.1, -0.05) is 18.2 Å². The van der Waals surface area contributed by atoms with Gasteiger partial charge >= 0.3 is 5.97 Å². The van der Waals surface area contributed by atoms with Crippen molar-refractivity contribution >= 4 is 23.4 Å². The van der Waals surface area contributed by atoms with Gasteiger partial charge in [-0.2, -0.15) is 0 Å². The predicted octanol–water partition coefficient (Wildman–Crippen LogP) is 3.96. The minimum absolute atomic E-state index is 0.0520. The number of carbonyl (C=O) groups excluding carboxylic acids is 3. The second-order valence-corrected chi connectivity index (χ2v) is 8.19. The van der Waals surface area contributed by atoms with E-state index in [1.807, 2.05) is 0 Å². The molecule has 0 bridgehead atoms. The van der Waals surface area contributed by atoms with Crippen molar-refractivity contribution in [3.63, 3.8) is 0 Å². The number of ether oxygens (including phenoxy) is 1. The first-order valence-corrected chi connectivity index (χ1v) is 11.0. The molecule has 0 radical (unpaired) electrons. The number of aliphatic hydroxyl groups is 1. The average molecular weight is 477 g/mol. The number of aromatic amines is 1. The van der Waals surface area contributed by atoms with Crippen LogP contribution >= 0.6 is 0 Å². The number of aromatic nitrogens is 2. The molecule has 1 aromatic carbocycles. The van der Waals surface area contributed by atoms with Gasteiger partial charge in [0.1, 0.15) is 17.3 Å².